The summed E-state index contributed by atoms with van der Waals surface area (Å²) in [5.41, 5.74) is 9.06. The molecule has 3 saturated carbocycles. The summed E-state index contributed by atoms with van der Waals surface area (Å²) in [6.45, 7) is 1.06. The zero-order chi connectivity index (χ0) is 18.8. The minimum Gasteiger partial charge on any atom is -0.325 e. The number of amides is 3. The van der Waals surface area contributed by atoms with Crippen LogP contribution >= 0.6 is 0 Å². The average Bonchev–Trinajstić information content (AvgIpc) is 3.22. The van der Waals surface area contributed by atoms with Crippen molar-refractivity contribution in [3.05, 3.63) is 34.9 Å². The van der Waals surface area contributed by atoms with Gasteiger partial charge in [0.1, 0.15) is 6.04 Å². The number of rotatable bonds is 4. The highest BCUT2D eigenvalue weighted by atomic mass is 16.2. The predicted molar refractivity (Wildman–Crippen MR) is 97.4 cm³/mol. The number of hydrogen-bond acceptors (Lipinski definition) is 5. The van der Waals surface area contributed by atoms with E-state index in [9.17, 15) is 14.4 Å². The van der Waals surface area contributed by atoms with Crippen molar-refractivity contribution in [2.45, 2.75) is 68.7 Å². The fourth-order valence-electron chi connectivity index (χ4n) is 5.47. The maximum absolute atomic E-state index is 13.1. The first-order valence-electron chi connectivity index (χ1n) is 9.68. The van der Waals surface area contributed by atoms with Crippen LogP contribution in [0.3, 0.4) is 0 Å². The summed E-state index contributed by atoms with van der Waals surface area (Å²) in [4.78, 5) is 38.3. The van der Waals surface area contributed by atoms with Gasteiger partial charge in [-0.3, -0.25) is 19.7 Å². The van der Waals surface area contributed by atoms with Crippen LogP contribution in [0.4, 0.5) is 0 Å². The Morgan fingerprint density at radius 3 is 2.74 bits per heavy atom. The Morgan fingerprint density at radius 2 is 2.04 bits per heavy atom. The second-order valence-corrected chi connectivity index (χ2v) is 8.70. The van der Waals surface area contributed by atoms with Gasteiger partial charge in [-0.05, 0) is 43.2 Å². The number of benzene rings is 1. The first kappa shape index (κ1) is 16.9. The number of nitrogens with zero attached hydrogens (tertiary/aromatic N) is 1. The third kappa shape index (κ3) is 2.60. The lowest BCUT2D eigenvalue weighted by atomic mass is 9.72. The number of carbonyl (C=O) groups is 3. The first-order chi connectivity index (χ1) is 12.9. The minimum atomic E-state index is -0.568. The number of nitrogens with two attached hydrogens (primary N) is 1. The van der Waals surface area contributed by atoms with E-state index < -0.39 is 6.04 Å². The molecule has 1 saturated heterocycles. The highest BCUT2D eigenvalue weighted by Crippen LogP contribution is 2.53. The Balaban J connectivity index is 1.34. The molecule has 3 aliphatic carbocycles. The van der Waals surface area contributed by atoms with Gasteiger partial charge in [0.05, 0.1) is 0 Å². The van der Waals surface area contributed by atoms with E-state index in [2.05, 4.69) is 10.6 Å². The molecule has 7 nitrogen and oxygen atoms in total. The molecular formula is C20H24N4O3. The van der Waals surface area contributed by atoms with Gasteiger partial charge >= 0.3 is 0 Å². The largest absolute Gasteiger partial charge is 0.325 e. The van der Waals surface area contributed by atoms with Crippen LogP contribution in [0, 0.1) is 0 Å². The van der Waals surface area contributed by atoms with Gasteiger partial charge in [-0.2, -0.15) is 0 Å². The number of carbonyl (C=O) groups excluding carboxylic acids is 3. The molecule has 2 bridgehead atoms. The van der Waals surface area contributed by atoms with Crippen molar-refractivity contribution < 1.29 is 14.4 Å². The quantitative estimate of drug-likeness (QED) is 0.674. The molecule has 1 atom stereocenters. The van der Waals surface area contributed by atoms with Gasteiger partial charge in [0, 0.05) is 36.2 Å². The smallest absolute Gasteiger partial charge is 0.255 e. The van der Waals surface area contributed by atoms with E-state index in [-0.39, 0.29) is 35.2 Å². The summed E-state index contributed by atoms with van der Waals surface area (Å²) >= 11 is 0. The molecule has 1 aromatic rings. The summed E-state index contributed by atoms with van der Waals surface area (Å²) in [6, 6.07) is 5.33. The van der Waals surface area contributed by atoms with Crippen LogP contribution < -0.4 is 16.4 Å². The van der Waals surface area contributed by atoms with Gasteiger partial charge < -0.3 is 16.0 Å². The maximum atomic E-state index is 13.1. The van der Waals surface area contributed by atoms with Gasteiger partial charge in [0.15, 0.2) is 0 Å². The summed E-state index contributed by atoms with van der Waals surface area (Å²) < 4.78 is 0. The van der Waals surface area contributed by atoms with Crippen molar-refractivity contribution in [2.75, 3.05) is 0 Å². The third-order valence-electron chi connectivity index (χ3n) is 6.77. The number of imide groups is 1. The monoisotopic (exact) mass is 368 g/mol. The second kappa shape index (κ2) is 5.62. The number of piperidine rings is 1. The van der Waals surface area contributed by atoms with Gasteiger partial charge in [-0.15, -0.1) is 0 Å². The third-order valence-corrected chi connectivity index (χ3v) is 6.77. The van der Waals surface area contributed by atoms with Crippen molar-refractivity contribution in [1.29, 1.82) is 0 Å². The summed E-state index contributed by atoms with van der Waals surface area (Å²) in [5, 5.41) is 6.00. The van der Waals surface area contributed by atoms with Crippen LogP contribution in [0.5, 0.6) is 0 Å². The van der Waals surface area contributed by atoms with E-state index in [1.54, 1.807) is 4.90 Å². The molecule has 0 aromatic heterocycles. The lowest BCUT2D eigenvalue weighted by Gasteiger charge is -2.46. The predicted octanol–water partition coefficient (Wildman–Crippen LogP) is 0.561. The molecular weight excluding hydrogens is 344 g/mol. The van der Waals surface area contributed by atoms with Gasteiger partial charge in [0.25, 0.3) is 5.91 Å². The molecule has 7 heteroatoms. The van der Waals surface area contributed by atoms with Crippen LogP contribution in [0.2, 0.25) is 0 Å². The van der Waals surface area contributed by atoms with E-state index in [1.807, 2.05) is 18.2 Å². The second-order valence-electron chi connectivity index (χ2n) is 8.70. The van der Waals surface area contributed by atoms with E-state index in [0.717, 1.165) is 36.8 Å². The lowest BCUT2D eigenvalue weighted by molar-refractivity contribution is -0.136. The standard InChI is InChI=1S/C20H24N4O3/c21-19-6-7-20(10-19,11-19)22-8-12-2-1-3-13-9-24(18(27)16(12)13)14-4-5-15(25)23-17(14)26/h1-3,14,22H,4-11,21H2,(H,23,25,26). The molecule has 4 N–H and O–H groups in total. The zero-order valence-corrected chi connectivity index (χ0v) is 15.2. The zero-order valence-electron chi connectivity index (χ0n) is 15.2. The first-order valence-corrected chi connectivity index (χ1v) is 9.68. The molecule has 2 heterocycles. The Hall–Kier alpha value is -2.25. The molecule has 0 radical (unpaired) electrons. The Kier molecular flexibility index (Phi) is 3.52. The molecule has 0 spiro atoms. The SMILES string of the molecule is NC12CCC(NCc3cccc4c3C(=O)N(C3CCC(=O)NC3=O)C4)(C1)C2. The van der Waals surface area contributed by atoms with Crippen molar-refractivity contribution in [1.82, 2.24) is 15.5 Å². The topological polar surface area (TPSA) is 105 Å². The van der Waals surface area contributed by atoms with Gasteiger partial charge in [0.2, 0.25) is 11.8 Å². The van der Waals surface area contributed by atoms with Crippen LogP contribution in [0.25, 0.3) is 0 Å². The number of fused-ring (bicyclic) bond motifs is 2. The fourth-order valence-corrected chi connectivity index (χ4v) is 5.47. The van der Waals surface area contributed by atoms with E-state index in [1.165, 1.54) is 0 Å². The molecule has 1 aromatic carbocycles. The average molecular weight is 368 g/mol. The van der Waals surface area contributed by atoms with Crippen LogP contribution in [-0.4, -0.2) is 39.7 Å². The highest BCUT2D eigenvalue weighted by Gasteiger charge is 2.58. The molecule has 4 fully saturated rings. The van der Waals surface area contributed by atoms with Crippen LogP contribution in [0.1, 0.15) is 60.0 Å². The van der Waals surface area contributed by atoms with E-state index in [4.69, 9.17) is 5.73 Å². The number of hydrogen-bond donors (Lipinski definition) is 3. The molecule has 1 unspecified atom stereocenters. The maximum Gasteiger partial charge on any atom is 0.255 e. The lowest BCUT2D eigenvalue weighted by Crippen LogP contribution is -2.60. The van der Waals surface area contributed by atoms with Crippen molar-refractivity contribution >= 4 is 17.7 Å². The fraction of sp³-hybridized carbons (Fsp3) is 0.550. The van der Waals surface area contributed by atoms with E-state index >= 15 is 0 Å². The van der Waals surface area contributed by atoms with Crippen molar-refractivity contribution in [2.24, 2.45) is 5.73 Å². The Bertz CT molecular complexity index is 859. The van der Waals surface area contributed by atoms with E-state index in [0.29, 0.717) is 25.1 Å². The summed E-state index contributed by atoms with van der Waals surface area (Å²) in [6.07, 6.45) is 4.83. The summed E-state index contributed by atoms with van der Waals surface area (Å²) in [7, 11) is 0. The van der Waals surface area contributed by atoms with Gasteiger partial charge in [-0.25, -0.2) is 0 Å². The molecule has 6 rings (SSSR count). The Labute approximate surface area is 157 Å². The molecule has 3 amide bonds. The van der Waals surface area contributed by atoms with Crippen molar-refractivity contribution in [3.8, 4) is 0 Å². The molecule has 2 aliphatic heterocycles. The highest BCUT2D eigenvalue weighted by molar-refractivity contribution is 6.05. The Morgan fingerprint density at radius 1 is 1.22 bits per heavy atom. The van der Waals surface area contributed by atoms with Gasteiger partial charge in [-0.1, -0.05) is 18.2 Å². The molecule has 142 valence electrons. The minimum absolute atomic E-state index is 0.0179. The molecule has 5 aliphatic rings. The number of nitrogens with one attached hydrogen (secondary N) is 2. The van der Waals surface area contributed by atoms with Crippen molar-refractivity contribution in [3.63, 3.8) is 0 Å². The van der Waals surface area contributed by atoms with Crippen LogP contribution in [-0.2, 0) is 22.7 Å². The summed E-state index contributed by atoms with van der Waals surface area (Å²) in [5.74, 6) is -0.745. The van der Waals surface area contributed by atoms with Crippen LogP contribution in [0.15, 0.2) is 18.2 Å². The molecule has 27 heavy (non-hydrogen) atoms. The normalized spacial score (nSPS) is 34.5.